The maximum Gasteiger partial charge on any atom is 0.446 e. The molecule has 0 amide bonds. The zero-order chi connectivity index (χ0) is 17.0. The van der Waals surface area contributed by atoms with Crippen molar-refractivity contribution in [1.29, 1.82) is 5.26 Å². The van der Waals surface area contributed by atoms with E-state index in [4.69, 9.17) is 5.26 Å². The van der Waals surface area contributed by atoms with Gasteiger partial charge in [0.05, 0.1) is 16.5 Å². The Morgan fingerprint density at radius 1 is 1.39 bits per heavy atom. The molecule has 1 aliphatic rings. The third-order valence-corrected chi connectivity index (χ3v) is 4.25. The first-order valence-electron chi connectivity index (χ1n) is 6.21. The number of nitrogens with zero attached hydrogens (tertiary/aromatic N) is 3. The fourth-order valence-electron chi connectivity index (χ4n) is 2.39. The van der Waals surface area contributed by atoms with E-state index in [2.05, 4.69) is 5.10 Å². The number of anilines is 1. The lowest BCUT2D eigenvalue weighted by Crippen LogP contribution is -2.48. The monoisotopic (exact) mass is 344 g/mol. The van der Waals surface area contributed by atoms with Crippen LogP contribution < -0.4 is 5.32 Å². The van der Waals surface area contributed by atoms with Crippen LogP contribution in [0.5, 0.6) is 0 Å². The van der Waals surface area contributed by atoms with E-state index in [0.717, 1.165) is 10.7 Å². The number of hydrogen-bond donors (Lipinski definition) is 1. The Bertz CT molecular complexity index is 870. The molecule has 0 fully saturated rings. The van der Waals surface area contributed by atoms with Gasteiger partial charge in [0, 0.05) is 11.8 Å². The zero-order valence-electron chi connectivity index (χ0n) is 11.5. The molecule has 5 nitrogen and oxygen atoms in total. The molecule has 1 aromatic heterocycles. The van der Waals surface area contributed by atoms with Gasteiger partial charge in [-0.1, -0.05) is 18.2 Å². The average Bonchev–Trinajstić information content (AvgIpc) is 2.85. The van der Waals surface area contributed by atoms with Crippen LogP contribution in [0.1, 0.15) is 11.1 Å². The van der Waals surface area contributed by atoms with Crippen molar-refractivity contribution in [3.05, 3.63) is 35.4 Å². The van der Waals surface area contributed by atoms with Crippen molar-refractivity contribution in [2.75, 3.05) is 11.6 Å². The van der Waals surface area contributed by atoms with E-state index >= 15 is 0 Å². The normalized spacial score (nSPS) is 20.9. The van der Waals surface area contributed by atoms with Crippen molar-refractivity contribution in [3.63, 3.8) is 0 Å². The SMILES string of the molecule is CS(=O)c1nn2c(c1C#N)NC(F)(C(F)(F)F)c1ccccc1-2. The summed E-state index contributed by atoms with van der Waals surface area (Å²) in [6.45, 7) is 0. The molecule has 1 aromatic carbocycles. The predicted octanol–water partition coefficient (Wildman–Crippen LogP) is 2.59. The summed E-state index contributed by atoms with van der Waals surface area (Å²) < 4.78 is 67.3. The lowest BCUT2D eigenvalue weighted by atomic mass is 9.99. The van der Waals surface area contributed by atoms with Gasteiger partial charge in [-0.2, -0.15) is 23.5 Å². The van der Waals surface area contributed by atoms with Crippen molar-refractivity contribution in [3.8, 4) is 11.8 Å². The maximum absolute atomic E-state index is 14.8. The van der Waals surface area contributed by atoms with Crippen LogP contribution in [0.3, 0.4) is 0 Å². The van der Waals surface area contributed by atoms with Gasteiger partial charge in [0.25, 0.3) is 0 Å². The molecule has 23 heavy (non-hydrogen) atoms. The molecule has 2 unspecified atom stereocenters. The summed E-state index contributed by atoms with van der Waals surface area (Å²) in [4.78, 5) is 0. The van der Waals surface area contributed by atoms with Crippen molar-refractivity contribution in [1.82, 2.24) is 9.78 Å². The number of para-hydroxylation sites is 1. The Morgan fingerprint density at radius 3 is 2.61 bits per heavy atom. The average molecular weight is 344 g/mol. The molecule has 0 bridgehead atoms. The van der Waals surface area contributed by atoms with Gasteiger partial charge in [0.2, 0.25) is 0 Å². The fourth-order valence-corrected chi connectivity index (χ4v) is 3.02. The van der Waals surface area contributed by atoms with Crippen molar-refractivity contribution in [2.45, 2.75) is 17.0 Å². The third kappa shape index (κ3) is 2.03. The van der Waals surface area contributed by atoms with Gasteiger partial charge in [0.1, 0.15) is 11.6 Å². The first kappa shape index (κ1) is 15.5. The second-order valence-corrected chi connectivity index (χ2v) is 6.10. The first-order valence-corrected chi connectivity index (χ1v) is 7.76. The second-order valence-electron chi connectivity index (χ2n) is 4.80. The predicted molar refractivity (Wildman–Crippen MR) is 73.1 cm³/mol. The number of aromatic nitrogens is 2. The molecule has 1 N–H and O–H groups in total. The zero-order valence-corrected chi connectivity index (χ0v) is 12.3. The molecule has 1 aliphatic heterocycles. The summed E-state index contributed by atoms with van der Waals surface area (Å²) in [7, 11) is -1.73. The number of nitriles is 1. The summed E-state index contributed by atoms with van der Waals surface area (Å²) in [5.74, 6) is -4.35. The number of benzene rings is 1. The standard InChI is InChI=1S/C13H8F4N4OS/c1-23(22)11-7(6-18)10-19-12(14,13(15,16)17)8-4-2-3-5-9(8)21(10)20-11/h2-5,19H,1H3. The molecule has 2 atom stereocenters. The molecule has 120 valence electrons. The Hall–Kier alpha value is -2.41. The number of fused-ring (bicyclic) bond motifs is 3. The van der Waals surface area contributed by atoms with E-state index in [1.165, 1.54) is 24.5 Å². The molecular weight excluding hydrogens is 336 g/mol. The van der Waals surface area contributed by atoms with Gasteiger partial charge in [-0.25, -0.2) is 9.07 Å². The highest BCUT2D eigenvalue weighted by molar-refractivity contribution is 7.84. The molecule has 10 heteroatoms. The minimum Gasteiger partial charge on any atom is -0.326 e. The largest absolute Gasteiger partial charge is 0.446 e. The fraction of sp³-hybridized carbons (Fsp3) is 0.231. The Morgan fingerprint density at radius 2 is 2.04 bits per heavy atom. The Labute approximate surface area is 130 Å². The topological polar surface area (TPSA) is 70.7 Å². The van der Waals surface area contributed by atoms with Gasteiger partial charge in [-0.15, -0.1) is 0 Å². The van der Waals surface area contributed by atoms with Crippen LogP contribution in [0.25, 0.3) is 5.69 Å². The minimum absolute atomic E-state index is 0.172. The van der Waals surface area contributed by atoms with Crippen molar-refractivity contribution < 1.29 is 21.8 Å². The van der Waals surface area contributed by atoms with Crippen LogP contribution in [0.4, 0.5) is 23.4 Å². The second kappa shape index (κ2) is 4.79. The maximum atomic E-state index is 14.8. The summed E-state index contributed by atoms with van der Waals surface area (Å²) in [5.41, 5.74) is -1.23. The highest BCUT2D eigenvalue weighted by Gasteiger charge is 2.61. The summed E-state index contributed by atoms with van der Waals surface area (Å²) in [5, 5.41) is 14.6. The molecule has 0 saturated heterocycles. The number of nitrogens with one attached hydrogen (secondary N) is 1. The van der Waals surface area contributed by atoms with Crippen LogP contribution in [0.2, 0.25) is 0 Å². The Balaban J connectivity index is 2.38. The van der Waals surface area contributed by atoms with E-state index in [9.17, 15) is 21.8 Å². The molecule has 3 rings (SSSR count). The summed E-state index contributed by atoms with van der Waals surface area (Å²) in [6.07, 6.45) is -4.04. The summed E-state index contributed by atoms with van der Waals surface area (Å²) >= 11 is 0. The number of alkyl halides is 4. The Kier molecular flexibility index (Phi) is 3.23. The summed E-state index contributed by atoms with van der Waals surface area (Å²) in [6, 6.07) is 6.54. The number of hydrogen-bond acceptors (Lipinski definition) is 4. The molecule has 2 heterocycles. The van der Waals surface area contributed by atoms with E-state index in [1.807, 2.05) is 0 Å². The molecule has 0 saturated carbocycles. The van der Waals surface area contributed by atoms with E-state index < -0.39 is 34.1 Å². The third-order valence-electron chi connectivity index (χ3n) is 3.42. The number of rotatable bonds is 1. The highest BCUT2D eigenvalue weighted by Crippen LogP contribution is 2.49. The smallest absolute Gasteiger partial charge is 0.326 e. The lowest BCUT2D eigenvalue weighted by molar-refractivity contribution is -0.225. The van der Waals surface area contributed by atoms with Crippen LogP contribution in [0, 0.1) is 11.3 Å². The first-order chi connectivity index (χ1) is 10.7. The van der Waals surface area contributed by atoms with Crippen LogP contribution in [0.15, 0.2) is 29.3 Å². The van der Waals surface area contributed by atoms with E-state index in [0.29, 0.717) is 0 Å². The van der Waals surface area contributed by atoms with Crippen molar-refractivity contribution in [2.24, 2.45) is 0 Å². The van der Waals surface area contributed by atoms with Gasteiger partial charge in [-0.05, 0) is 6.07 Å². The quantitative estimate of drug-likeness (QED) is 0.638. The van der Waals surface area contributed by atoms with Gasteiger partial charge < -0.3 is 5.32 Å². The molecule has 2 aromatic rings. The van der Waals surface area contributed by atoms with Crippen LogP contribution in [-0.2, 0) is 16.6 Å². The van der Waals surface area contributed by atoms with Gasteiger partial charge in [0.15, 0.2) is 10.8 Å². The van der Waals surface area contributed by atoms with Crippen molar-refractivity contribution >= 4 is 16.6 Å². The van der Waals surface area contributed by atoms with Crippen LogP contribution >= 0.6 is 0 Å². The molecule has 0 aliphatic carbocycles. The van der Waals surface area contributed by atoms with Gasteiger partial charge >= 0.3 is 12.0 Å². The highest BCUT2D eigenvalue weighted by atomic mass is 32.2. The van der Waals surface area contributed by atoms with Crippen LogP contribution in [-0.4, -0.2) is 26.4 Å². The van der Waals surface area contributed by atoms with E-state index in [-0.39, 0.29) is 16.3 Å². The minimum atomic E-state index is -5.27. The van der Waals surface area contributed by atoms with Gasteiger partial charge in [-0.3, -0.25) is 4.21 Å². The molecule has 0 radical (unpaired) electrons. The van der Waals surface area contributed by atoms with E-state index in [1.54, 1.807) is 11.4 Å². The molecular formula is C13H8F4N4OS. The number of halogens is 4. The lowest BCUT2D eigenvalue weighted by Gasteiger charge is -2.35. The molecule has 0 spiro atoms.